The molecule has 0 unspecified atom stereocenters. The minimum absolute atomic E-state index is 0.425. The van der Waals surface area contributed by atoms with Crippen molar-refractivity contribution in [3.05, 3.63) is 53.2 Å². The summed E-state index contributed by atoms with van der Waals surface area (Å²) in [6, 6.07) is 10.6. The number of fused-ring (bicyclic) bond motifs is 1. The third kappa shape index (κ3) is 2.38. The van der Waals surface area contributed by atoms with Crippen LogP contribution in [0.3, 0.4) is 0 Å². The second-order valence-electron chi connectivity index (χ2n) is 6.54. The second-order valence-corrected chi connectivity index (χ2v) is 6.54. The van der Waals surface area contributed by atoms with Crippen LogP contribution in [0, 0.1) is 0 Å². The number of pyridine rings is 1. The zero-order valence-corrected chi connectivity index (χ0v) is 13.0. The molecule has 3 heterocycles. The number of aliphatic imine (C=N–C) groups is 1. The van der Waals surface area contributed by atoms with Gasteiger partial charge in [0.1, 0.15) is 11.6 Å². The molecule has 1 aromatic heterocycles. The number of anilines is 1. The number of benzene rings is 1. The molecular formula is C19H19N3O. The van der Waals surface area contributed by atoms with Crippen molar-refractivity contribution in [3.8, 4) is 5.75 Å². The molecule has 0 bridgehead atoms. The van der Waals surface area contributed by atoms with E-state index in [0.29, 0.717) is 6.10 Å². The monoisotopic (exact) mass is 305 g/mol. The summed E-state index contributed by atoms with van der Waals surface area (Å²) >= 11 is 0. The summed E-state index contributed by atoms with van der Waals surface area (Å²) in [7, 11) is 0. The molecule has 5 rings (SSSR count). The lowest BCUT2D eigenvalue weighted by molar-refractivity contribution is 0.303. The van der Waals surface area contributed by atoms with Crippen molar-refractivity contribution in [2.45, 2.75) is 31.9 Å². The van der Waals surface area contributed by atoms with Crippen molar-refractivity contribution in [2.75, 3.05) is 18.0 Å². The van der Waals surface area contributed by atoms with E-state index >= 15 is 0 Å². The number of rotatable bonds is 4. The molecule has 2 aliphatic heterocycles. The fraction of sp³-hybridized carbons (Fsp3) is 0.368. The first-order valence-corrected chi connectivity index (χ1v) is 8.42. The Hall–Kier alpha value is -2.36. The molecule has 0 amide bonds. The standard InChI is InChI=1S/C19H19N3O/c1-8-22(9-1)18-10-13(6-7-20-18)19-17-11-16(23-15-4-5-15)3-2-14(17)12-21-19/h2-3,6-7,10-11,15H,1,4-5,8-9,12H2. The molecule has 4 nitrogen and oxygen atoms in total. The molecule has 4 heteroatoms. The van der Waals surface area contributed by atoms with Gasteiger partial charge in [-0.2, -0.15) is 0 Å². The molecule has 0 radical (unpaired) electrons. The first-order chi connectivity index (χ1) is 11.4. The van der Waals surface area contributed by atoms with Crippen LogP contribution in [0.25, 0.3) is 0 Å². The maximum Gasteiger partial charge on any atom is 0.129 e. The van der Waals surface area contributed by atoms with E-state index in [2.05, 4.69) is 40.2 Å². The molecular weight excluding hydrogens is 286 g/mol. The molecule has 1 saturated carbocycles. The number of hydrogen-bond acceptors (Lipinski definition) is 4. The fourth-order valence-electron chi connectivity index (χ4n) is 3.15. The van der Waals surface area contributed by atoms with Crippen LogP contribution in [0.15, 0.2) is 41.5 Å². The fourth-order valence-corrected chi connectivity index (χ4v) is 3.15. The van der Waals surface area contributed by atoms with Crippen molar-refractivity contribution in [1.29, 1.82) is 0 Å². The first kappa shape index (κ1) is 13.1. The van der Waals surface area contributed by atoms with E-state index in [-0.39, 0.29) is 0 Å². The Labute approximate surface area is 135 Å². The second kappa shape index (κ2) is 5.08. The molecule has 0 atom stereocenters. The molecule has 1 aromatic carbocycles. The van der Waals surface area contributed by atoms with Crippen LogP contribution in [0.4, 0.5) is 5.82 Å². The average molecular weight is 305 g/mol. The van der Waals surface area contributed by atoms with E-state index in [1.54, 1.807) is 0 Å². The van der Waals surface area contributed by atoms with Crippen molar-refractivity contribution >= 4 is 11.5 Å². The lowest BCUT2D eigenvalue weighted by atomic mass is 10.00. The number of hydrogen-bond donors (Lipinski definition) is 0. The van der Waals surface area contributed by atoms with E-state index < -0.39 is 0 Å². The summed E-state index contributed by atoms with van der Waals surface area (Å²) in [5.41, 5.74) is 4.73. The van der Waals surface area contributed by atoms with Gasteiger partial charge in [-0.3, -0.25) is 4.99 Å². The predicted molar refractivity (Wildman–Crippen MR) is 90.5 cm³/mol. The molecule has 3 aliphatic rings. The zero-order valence-electron chi connectivity index (χ0n) is 13.0. The smallest absolute Gasteiger partial charge is 0.129 e. The summed E-state index contributed by atoms with van der Waals surface area (Å²) in [4.78, 5) is 11.6. The van der Waals surface area contributed by atoms with E-state index in [0.717, 1.165) is 42.5 Å². The Morgan fingerprint density at radius 3 is 2.78 bits per heavy atom. The van der Waals surface area contributed by atoms with Crippen LogP contribution in [0.2, 0.25) is 0 Å². The molecule has 1 aliphatic carbocycles. The Kier molecular flexibility index (Phi) is 2.90. The minimum Gasteiger partial charge on any atom is -0.490 e. The van der Waals surface area contributed by atoms with Gasteiger partial charge in [0.2, 0.25) is 0 Å². The molecule has 116 valence electrons. The van der Waals surface area contributed by atoms with Gasteiger partial charge in [-0.15, -0.1) is 0 Å². The van der Waals surface area contributed by atoms with Crippen molar-refractivity contribution in [2.24, 2.45) is 4.99 Å². The van der Waals surface area contributed by atoms with Crippen LogP contribution in [-0.2, 0) is 6.54 Å². The lowest BCUT2D eigenvalue weighted by Crippen LogP contribution is -2.37. The molecule has 2 fully saturated rings. The normalized spacial score (nSPS) is 19.1. The highest BCUT2D eigenvalue weighted by Gasteiger charge is 2.25. The topological polar surface area (TPSA) is 37.7 Å². The third-order valence-electron chi connectivity index (χ3n) is 4.77. The van der Waals surface area contributed by atoms with Gasteiger partial charge in [0.15, 0.2) is 0 Å². The minimum atomic E-state index is 0.425. The summed E-state index contributed by atoms with van der Waals surface area (Å²) in [6.07, 6.45) is 5.95. The maximum atomic E-state index is 5.95. The Morgan fingerprint density at radius 1 is 1.09 bits per heavy atom. The average Bonchev–Trinajstić information content (AvgIpc) is 3.23. The summed E-state index contributed by atoms with van der Waals surface area (Å²) < 4.78 is 5.95. The zero-order chi connectivity index (χ0) is 15.2. The highest BCUT2D eigenvalue weighted by molar-refractivity contribution is 6.15. The number of nitrogens with zero attached hydrogens (tertiary/aromatic N) is 3. The SMILES string of the molecule is c1cc(C2=NCc3ccc(OC4CC4)cc32)cc(N2CCC2)n1. The van der Waals surface area contributed by atoms with E-state index in [1.807, 2.05) is 6.20 Å². The van der Waals surface area contributed by atoms with Gasteiger partial charge in [-0.05, 0) is 49.1 Å². The molecule has 0 N–H and O–H groups in total. The number of aromatic nitrogens is 1. The Bertz CT molecular complexity index is 791. The highest BCUT2D eigenvalue weighted by atomic mass is 16.5. The van der Waals surface area contributed by atoms with Gasteiger partial charge in [-0.25, -0.2) is 4.98 Å². The van der Waals surface area contributed by atoms with Crippen LogP contribution < -0.4 is 9.64 Å². The summed E-state index contributed by atoms with van der Waals surface area (Å²) in [5.74, 6) is 2.04. The predicted octanol–water partition coefficient (Wildman–Crippen LogP) is 3.18. The first-order valence-electron chi connectivity index (χ1n) is 8.42. The van der Waals surface area contributed by atoms with Gasteiger partial charge in [0, 0.05) is 30.4 Å². The van der Waals surface area contributed by atoms with Crippen molar-refractivity contribution in [1.82, 2.24) is 4.98 Å². The van der Waals surface area contributed by atoms with Gasteiger partial charge in [0.25, 0.3) is 0 Å². The van der Waals surface area contributed by atoms with Gasteiger partial charge in [-0.1, -0.05) is 6.07 Å². The number of ether oxygens (including phenoxy) is 1. The van der Waals surface area contributed by atoms with Crippen LogP contribution in [0.1, 0.15) is 36.0 Å². The molecule has 23 heavy (non-hydrogen) atoms. The van der Waals surface area contributed by atoms with Gasteiger partial charge < -0.3 is 9.64 Å². The maximum absolute atomic E-state index is 5.95. The largest absolute Gasteiger partial charge is 0.490 e. The van der Waals surface area contributed by atoms with E-state index in [9.17, 15) is 0 Å². The highest BCUT2D eigenvalue weighted by Crippen LogP contribution is 2.32. The Balaban J connectivity index is 1.48. The molecule has 0 spiro atoms. The lowest BCUT2D eigenvalue weighted by Gasteiger charge is -2.32. The van der Waals surface area contributed by atoms with E-state index in [4.69, 9.17) is 9.73 Å². The van der Waals surface area contributed by atoms with Gasteiger partial charge >= 0.3 is 0 Å². The summed E-state index contributed by atoms with van der Waals surface area (Å²) in [5, 5.41) is 0. The van der Waals surface area contributed by atoms with Crippen molar-refractivity contribution in [3.63, 3.8) is 0 Å². The summed E-state index contributed by atoms with van der Waals surface area (Å²) in [6.45, 7) is 2.98. The quantitative estimate of drug-likeness (QED) is 0.870. The molecule has 1 saturated heterocycles. The molecule has 2 aromatic rings. The van der Waals surface area contributed by atoms with Crippen molar-refractivity contribution < 1.29 is 4.74 Å². The van der Waals surface area contributed by atoms with Gasteiger partial charge in [0.05, 0.1) is 18.4 Å². The van der Waals surface area contributed by atoms with E-state index in [1.165, 1.54) is 30.4 Å². The third-order valence-corrected chi connectivity index (χ3v) is 4.77. The van der Waals surface area contributed by atoms with Crippen LogP contribution in [-0.4, -0.2) is 29.9 Å². The van der Waals surface area contributed by atoms with Crippen LogP contribution >= 0.6 is 0 Å². The Morgan fingerprint density at radius 2 is 2.00 bits per heavy atom. The van der Waals surface area contributed by atoms with Crippen LogP contribution in [0.5, 0.6) is 5.75 Å².